The fourth-order valence-corrected chi connectivity index (χ4v) is 1.10. The first kappa shape index (κ1) is 9.51. The van der Waals surface area contributed by atoms with Crippen LogP contribution in [-0.2, 0) is 0 Å². The standard InChI is InChI=1S/C9H9FO3/c1-5-3-6(13-2)4-7(10)8(5)9(11)12/h3-4H,1-2H3,(H,11,12). The molecule has 0 saturated heterocycles. The van der Waals surface area contributed by atoms with Crippen molar-refractivity contribution in [1.82, 2.24) is 0 Å². The van der Waals surface area contributed by atoms with Crippen molar-refractivity contribution in [2.75, 3.05) is 7.11 Å². The quantitative estimate of drug-likeness (QED) is 0.762. The average Bonchev–Trinajstić information content (AvgIpc) is 2.02. The van der Waals surface area contributed by atoms with Crippen LogP contribution in [0.5, 0.6) is 5.75 Å². The summed E-state index contributed by atoms with van der Waals surface area (Å²) in [6, 6.07) is 2.53. The van der Waals surface area contributed by atoms with Crippen LogP contribution in [0.2, 0.25) is 0 Å². The zero-order valence-corrected chi connectivity index (χ0v) is 7.30. The molecule has 0 radical (unpaired) electrons. The number of aryl methyl sites for hydroxylation is 1. The summed E-state index contributed by atoms with van der Waals surface area (Å²) in [4.78, 5) is 10.6. The van der Waals surface area contributed by atoms with Gasteiger partial charge in [-0.25, -0.2) is 9.18 Å². The van der Waals surface area contributed by atoms with Gasteiger partial charge in [-0.2, -0.15) is 0 Å². The van der Waals surface area contributed by atoms with E-state index in [0.29, 0.717) is 11.3 Å². The Labute approximate surface area is 74.8 Å². The van der Waals surface area contributed by atoms with E-state index in [1.165, 1.54) is 20.1 Å². The fourth-order valence-electron chi connectivity index (χ4n) is 1.10. The molecule has 70 valence electrons. The molecule has 0 aliphatic rings. The minimum absolute atomic E-state index is 0.305. The van der Waals surface area contributed by atoms with E-state index in [0.717, 1.165) is 6.07 Å². The number of methoxy groups -OCH3 is 1. The molecule has 1 N–H and O–H groups in total. The number of ether oxygens (including phenoxy) is 1. The molecule has 0 atom stereocenters. The predicted molar refractivity (Wildman–Crippen MR) is 44.6 cm³/mol. The van der Waals surface area contributed by atoms with Crippen LogP contribution < -0.4 is 4.74 Å². The molecular weight excluding hydrogens is 175 g/mol. The van der Waals surface area contributed by atoms with Crippen LogP contribution >= 0.6 is 0 Å². The Morgan fingerprint density at radius 2 is 2.15 bits per heavy atom. The van der Waals surface area contributed by atoms with Gasteiger partial charge in [-0.05, 0) is 18.6 Å². The monoisotopic (exact) mass is 184 g/mol. The molecule has 3 nitrogen and oxygen atoms in total. The lowest BCUT2D eigenvalue weighted by Gasteiger charge is -2.05. The van der Waals surface area contributed by atoms with Gasteiger partial charge in [0.2, 0.25) is 0 Å². The Kier molecular flexibility index (Phi) is 2.51. The summed E-state index contributed by atoms with van der Waals surface area (Å²) in [5, 5.41) is 8.63. The minimum Gasteiger partial charge on any atom is -0.497 e. The zero-order chi connectivity index (χ0) is 10.0. The maximum Gasteiger partial charge on any atom is 0.338 e. The number of carboxylic acids is 1. The lowest BCUT2D eigenvalue weighted by Crippen LogP contribution is -2.04. The van der Waals surface area contributed by atoms with E-state index in [-0.39, 0.29) is 5.56 Å². The van der Waals surface area contributed by atoms with Crippen LogP contribution in [-0.4, -0.2) is 18.2 Å². The summed E-state index contributed by atoms with van der Waals surface area (Å²) < 4.78 is 17.9. The minimum atomic E-state index is -1.27. The Bertz CT molecular complexity index is 324. The van der Waals surface area contributed by atoms with Crippen LogP contribution in [0.4, 0.5) is 4.39 Å². The highest BCUT2D eigenvalue weighted by molar-refractivity contribution is 5.89. The van der Waals surface area contributed by atoms with Gasteiger partial charge in [0, 0.05) is 6.07 Å². The van der Waals surface area contributed by atoms with Gasteiger partial charge in [0.25, 0.3) is 0 Å². The normalized spacial score (nSPS) is 9.77. The summed E-state index contributed by atoms with van der Waals surface area (Å²) >= 11 is 0. The van der Waals surface area contributed by atoms with Crippen molar-refractivity contribution in [2.24, 2.45) is 0 Å². The molecule has 1 aromatic rings. The molecule has 0 amide bonds. The summed E-state index contributed by atoms with van der Waals surface area (Å²) in [5.41, 5.74) is 0.0464. The van der Waals surface area contributed by atoms with Crippen LogP contribution in [0.1, 0.15) is 15.9 Å². The number of hydrogen-bond acceptors (Lipinski definition) is 2. The second kappa shape index (κ2) is 3.43. The van der Waals surface area contributed by atoms with E-state index in [9.17, 15) is 9.18 Å². The van der Waals surface area contributed by atoms with E-state index >= 15 is 0 Å². The molecule has 0 spiro atoms. The number of hydrogen-bond donors (Lipinski definition) is 1. The first-order valence-electron chi connectivity index (χ1n) is 3.63. The molecule has 4 heteroatoms. The lowest BCUT2D eigenvalue weighted by atomic mass is 10.1. The second-order valence-electron chi connectivity index (χ2n) is 2.61. The van der Waals surface area contributed by atoms with Gasteiger partial charge >= 0.3 is 5.97 Å². The molecule has 0 aliphatic carbocycles. The predicted octanol–water partition coefficient (Wildman–Crippen LogP) is 1.84. The lowest BCUT2D eigenvalue weighted by molar-refractivity contribution is 0.0691. The number of benzene rings is 1. The SMILES string of the molecule is COc1cc(C)c(C(=O)O)c(F)c1. The molecule has 0 saturated carbocycles. The molecule has 1 aromatic carbocycles. The summed E-state index contributed by atoms with van der Waals surface area (Å²) in [7, 11) is 1.40. The van der Waals surface area contributed by atoms with Crippen molar-refractivity contribution in [2.45, 2.75) is 6.92 Å². The van der Waals surface area contributed by atoms with Crippen molar-refractivity contribution < 1.29 is 19.0 Å². The molecule has 13 heavy (non-hydrogen) atoms. The Balaban J connectivity index is 3.31. The van der Waals surface area contributed by atoms with Gasteiger partial charge < -0.3 is 9.84 Å². The Morgan fingerprint density at radius 1 is 1.54 bits per heavy atom. The molecular formula is C9H9FO3. The highest BCUT2D eigenvalue weighted by Gasteiger charge is 2.14. The van der Waals surface area contributed by atoms with Crippen LogP contribution in [0.3, 0.4) is 0 Å². The first-order chi connectivity index (χ1) is 6.06. The molecule has 0 unspecified atom stereocenters. The highest BCUT2D eigenvalue weighted by Crippen LogP contribution is 2.20. The van der Waals surface area contributed by atoms with Crippen LogP contribution in [0, 0.1) is 12.7 Å². The van der Waals surface area contributed by atoms with Crippen molar-refractivity contribution in [3.63, 3.8) is 0 Å². The van der Waals surface area contributed by atoms with Crippen LogP contribution in [0.15, 0.2) is 12.1 Å². The van der Waals surface area contributed by atoms with E-state index < -0.39 is 11.8 Å². The molecule has 0 bridgehead atoms. The smallest absolute Gasteiger partial charge is 0.338 e. The summed E-state index contributed by atoms with van der Waals surface area (Å²) in [6.07, 6.45) is 0. The van der Waals surface area contributed by atoms with Crippen molar-refractivity contribution >= 4 is 5.97 Å². The van der Waals surface area contributed by atoms with Gasteiger partial charge in [0.05, 0.1) is 12.7 Å². The van der Waals surface area contributed by atoms with E-state index in [2.05, 4.69) is 0 Å². The zero-order valence-electron chi connectivity index (χ0n) is 7.30. The highest BCUT2D eigenvalue weighted by atomic mass is 19.1. The summed E-state index contributed by atoms with van der Waals surface area (Å²) in [6.45, 7) is 1.52. The van der Waals surface area contributed by atoms with Crippen molar-refractivity contribution in [3.05, 3.63) is 29.1 Å². The number of rotatable bonds is 2. The molecule has 0 fully saturated rings. The molecule has 0 heterocycles. The second-order valence-corrected chi connectivity index (χ2v) is 2.61. The third-order valence-electron chi connectivity index (χ3n) is 1.71. The Morgan fingerprint density at radius 3 is 2.54 bits per heavy atom. The topological polar surface area (TPSA) is 46.5 Å². The maximum atomic E-state index is 13.1. The van der Waals surface area contributed by atoms with Gasteiger partial charge in [-0.15, -0.1) is 0 Å². The first-order valence-corrected chi connectivity index (χ1v) is 3.63. The number of aromatic carboxylic acids is 1. The van der Waals surface area contributed by atoms with Crippen molar-refractivity contribution in [1.29, 1.82) is 0 Å². The van der Waals surface area contributed by atoms with Gasteiger partial charge in [-0.3, -0.25) is 0 Å². The van der Waals surface area contributed by atoms with Gasteiger partial charge in [-0.1, -0.05) is 0 Å². The summed E-state index contributed by atoms with van der Waals surface area (Å²) in [5.74, 6) is -1.72. The van der Waals surface area contributed by atoms with Crippen molar-refractivity contribution in [3.8, 4) is 5.75 Å². The maximum absolute atomic E-state index is 13.1. The van der Waals surface area contributed by atoms with E-state index in [1.54, 1.807) is 0 Å². The molecule has 0 aliphatic heterocycles. The van der Waals surface area contributed by atoms with E-state index in [1.807, 2.05) is 0 Å². The number of halogens is 1. The number of carbonyl (C=O) groups is 1. The van der Waals surface area contributed by atoms with Crippen LogP contribution in [0.25, 0.3) is 0 Å². The van der Waals surface area contributed by atoms with Gasteiger partial charge in [0.1, 0.15) is 11.6 Å². The third kappa shape index (κ3) is 1.77. The van der Waals surface area contributed by atoms with Gasteiger partial charge in [0.15, 0.2) is 0 Å². The Hall–Kier alpha value is -1.58. The average molecular weight is 184 g/mol. The third-order valence-corrected chi connectivity index (χ3v) is 1.71. The molecule has 1 rings (SSSR count). The van der Waals surface area contributed by atoms with E-state index in [4.69, 9.17) is 9.84 Å². The fraction of sp³-hybridized carbons (Fsp3) is 0.222. The number of carboxylic acid groups (broad SMARTS) is 1. The molecule has 0 aromatic heterocycles. The largest absolute Gasteiger partial charge is 0.497 e.